The van der Waals surface area contributed by atoms with E-state index in [4.69, 9.17) is 56.6 Å². The fourth-order valence-corrected chi connectivity index (χ4v) is 61.1. The van der Waals surface area contributed by atoms with Crippen LogP contribution in [0.15, 0.2) is 38.0 Å². The lowest BCUT2D eigenvalue weighted by Gasteiger charge is -2.37. The van der Waals surface area contributed by atoms with Crippen LogP contribution in [-0.4, -0.2) is 191 Å². The average Bonchev–Trinajstić information content (AvgIpc) is 3.23. The molecule has 0 rings (SSSR count). The highest BCUT2D eigenvalue weighted by atomic mass is 28.5. The summed E-state index contributed by atoms with van der Waals surface area (Å²) in [5.41, 5.74) is -0.981. The Hall–Kier alpha value is 1.22. The summed E-state index contributed by atoms with van der Waals surface area (Å²) in [6.07, 6.45) is 11.0. The molecule has 0 spiro atoms. The summed E-state index contributed by atoms with van der Waals surface area (Å²) < 4.78 is 80.6. The Morgan fingerprint density at radius 3 is 0.806 bits per heavy atom. The van der Waals surface area contributed by atoms with Gasteiger partial charge in [0.05, 0.1) is 71.5 Å². The van der Waals surface area contributed by atoms with Gasteiger partial charge in [0, 0.05) is 18.6 Å². The number of rotatable bonds is 48. The maximum absolute atomic E-state index is 10.9. The van der Waals surface area contributed by atoms with E-state index in [0.717, 1.165) is 56.7 Å². The third kappa shape index (κ3) is 74.2. The molecule has 0 unspecified atom stereocenters. The van der Waals surface area contributed by atoms with Gasteiger partial charge < -0.3 is 66.8 Å². The summed E-state index contributed by atoms with van der Waals surface area (Å²) in [6.45, 7) is 78.0. The van der Waals surface area contributed by atoms with Gasteiger partial charge in [0.15, 0.2) is 67.3 Å². The van der Waals surface area contributed by atoms with E-state index in [0.29, 0.717) is 66.1 Å². The number of aliphatic hydroxyl groups is 2. The number of hydrogen-bond donors (Lipinski definition) is 2. The summed E-state index contributed by atoms with van der Waals surface area (Å²) in [7, 11) is -21.2. The zero-order valence-corrected chi connectivity index (χ0v) is 72.1. The molecule has 0 aliphatic heterocycles. The Bertz CT molecular complexity index is 1590. The Balaban J connectivity index is -0.000000139. The normalized spacial score (nSPS) is 12.7. The second kappa shape index (κ2) is 55.8. The zero-order valence-electron chi connectivity index (χ0n) is 60.0. The van der Waals surface area contributed by atoms with Crippen LogP contribution in [0, 0.1) is 10.8 Å². The monoisotopic (exact) mass is 1540 g/mol. The SMILES string of the molecule is C.C.C.C.C.C.C.C.C.C=CCOCC(CO)(COCC=C)COCC=C.C[SiH](C)O[Si](C)(C)O[Si](C)(C)C.C[Si](C)(C)O[Si](C)(C)O[Si](C)(C)CCCCCC(CO)(COCCC[Si](C)(C)O[Si](C)(C)O[Si](C)(C)C)COCCC[Si](C)(C)O[Si](C)(C)O[Si](C)(C)C. The van der Waals surface area contributed by atoms with Crippen LogP contribution >= 0.6 is 0 Å². The quantitative estimate of drug-likeness (QED) is 0.0336. The van der Waals surface area contributed by atoms with Crippen molar-refractivity contribution in [3.05, 3.63) is 38.0 Å². The minimum absolute atomic E-state index is 0. The van der Waals surface area contributed by atoms with E-state index >= 15 is 0 Å². The lowest BCUT2D eigenvalue weighted by molar-refractivity contribution is -0.0821. The summed E-state index contributed by atoms with van der Waals surface area (Å²) in [5.74, 6) is 0. The molecule has 576 valence electrons. The van der Waals surface area contributed by atoms with Crippen LogP contribution in [0.3, 0.4) is 0 Å². The molecule has 0 fully saturated rings. The van der Waals surface area contributed by atoms with Gasteiger partial charge in [0.1, 0.15) is 0 Å². The Kier molecular flexibility index (Phi) is 72.6. The van der Waals surface area contributed by atoms with Crippen molar-refractivity contribution in [3.8, 4) is 0 Å². The molecule has 0 radical (unpaired) electrons. The van der Waals surface area contributed by atoms with Crippen molar-refractivity contribution < 1.29 is 66.8 Å². The van der Waals surface area contributed by atoms with Gasteiger partial charge >= 0.3 is 34.2 Å². The van der Waals surface area contributed by atoms with E-state index in [1.54, 1.807) is 18.2 Å². The molecule has 0 aromatic heterocycles. The van der Waals surface area contributed by atoms with Crippen molar-refractivity contribution in [1.82, 2.24) is 0 Å². The number of aliphatic hydroxyl groups excluding tert-OH is 2. The largest absolute Gasteiger partial charge is 0.440 e. The lowest BCUT2D eigenvalue weighted by Crippen LogP contribution is -2.51. The standard InChI is InChI=1S/C36H92O9Si9.C14H24O4.C7H22O2Si3.9CH4/c1-46(2,3)40-52(16,17)43-49(10,11)30-24-22-23-27-36(33-37,34-38-28-25-31-50(12,13)44-53(18,19)41-47(4,5)6)35-39-29-26-32-51(14,15)45-54(20,21)42-48(7,8)9;1-4-7-16-11-14(10-15,12-17-8-5-2)13-18-9-6-3;1-10(2)8-12(6,7)9-11(3,4)5;;;;;;;;;/h37H,22-35H2,1-21H3;4-6,15H,1-3,7-13H2;10H,1-7H3;9*1H4. The van der Waals surface area contributed by atoms with Gasteiger partial charge in [-0.3, -0.25) is 0 Å². The second-order valence-electron chi connectivity index (χ2n) is 30.8. The molecule has 0 aromatic carbocycles. The molecular weight excluding hydrogens is 1370 g/mol. The predicted octanol–water partition coefficient (Wildman–Crippen LogP) is 21.5. The van der Waals surface area contributed by atoms with Gasteiger partial charge in [-0.1, -0.05) is 104 Å². The first-order valence-corrected chi connectivity index (χ1v) is 68.3. The second-order valence-corrected chi connectivity index (χ2v) is 79.7. The van der Waals surface area contributed by atoms with Gasteiger partial charge in [-0.25, -0.2) is 0 Å². The fourth-order valence-electron chi connectivity index (χ4n) is 10.5. The van der Waals surface area contributed by atoms with Crippen LogP contribution < -0.4 is 0 Å². The van der Waals surface area contributed by atoms with Crippen LogP contribution in [0.25, 0.3) is 0 Å². The maximum atomic E-state index is 10.9. The molecule has 15 nitrogen and oxygen atoms in total. The third-order valence-electron chi connectivity index (χ3n) is 11.8. The first-order chi connectivity index (χ1) is 37.8. The topological polar surface area (TPSA) is 160 Å². The van der Waals surface area contributed by atoms with E-state index in [1.165, 1.54) is 0 Å². The molecule has 27 heteroatoms. The molecule has 0 bridgehead atoms. The molecule has 0 saturated carbocycles. The molecule has 0 saturated heterocycles. The average molecular weight is 1550 g/mol. The molecule has 0 amide bonds. The Morgan fingerprint density at radius 2 is 0.570 bits per heavy atom. The van der Waals surface area contributed by atoms with Crippen LogP contribution in [0.5, 0.6) is 0 Å². The lowest BCUT2D eigenvalue weighted by atomic mass is 9.85. The molecule has 0 atom stereocenters. The first-order valence-electron chi connectivity index (χ1n) is 31.3. The number of ether oxygens (including phenoxy) is 5. The van der Waals surface area contributed by atoms with Crippen molar-refractivity contribution in [1.29, 1.82) is 0 Å². The maximum Gasteiger partial charge on any atom is 0.311 e. The summed E-state index contributed by atoms with van der Waals surface area (Å²) in [6, 6.07) is 3.16. The highest BCUT2D eigenvalue weighted by molar-refractivity contribution is 6.89. The van der Waals surface area contributed by atoms with Crippen LogP contribution in [0.4, 0.5) is 0 Å². The predicted molar refractivity (Wildman–Crippen MR) is 450 cm³/mol. The van der Waals surface area contributed by atoms with Crippen molar-refractivity contribution in [3.63, 3.8) is 0 Å². The molecule has 0 aliphatic rings. The van der Waals surface area contributed by atoms with E-state index < -0.39 is 112 Å². The van der Waals surface area contributed by atoms with Gasteiger partial charge in [-0.15, -0.1) is 19.7 Å². The smallest absolute Gasteiger partial charge is 0.311 e. The van der Waals surface area contributed by atoms with Crippen molar-refractivity contribution in [2.45, 2.75) is 307 Å². The zero-order chi connectivity index (χ0) is 66.2. The molecule has 0 heterocycles. The van der Waals surface area contributed by atoms with E-state index in [2.05, 4.69) is 203 Å². The minimum atomic E-state index is -2.17. The van der Waals surface area contributed by atoms with Gasteiger partial charge in [-0.2, -0.15) is 0 Å². The van der Waals surface area contributed by atoms with Crippen molar-refractivity contribution in [2.24, 2.45) is 10.8 Å². The third-order valence-corrected chi connectivity index (χ3v) is 50.9. The number of hydrogen-bond acceptors (Lipinski definition) is 15. The Labute approximate surface area is 599 Å². The fraction of sp³-hybridized carbons (Fsp3) is 0.909. The minimum Gasteiger partial charge on any atom is -0.440 e. The number of unbranched alkanes of at least 4 members (excludes halogenated alkanes) is 2. The van der Waals surface area contributed by atoms with Crippen molar-refractivity contribution >= 4 is 102 Å². The highest BCUT2D eigenvalue weighted by Crippen LogP contribution is 2.31. The van der Waals surface area contributed by atoms with Crippen molar-refractivity contribution in [2.75, 3.05) is 79.3 Å². The summed E-state index contributed by atoms with van der Waals surface area (Å²) in [5, 5.41) is 20.4. The molecular formula is C66H174O15Si12. The molecule has 93 heavy (non-hydrogen) atoms. The molecule has 0 aromatic rings. The van der Waals surface area contributed by atoms with E-state index in [9.17, 15) is 10.2 Å². The Morgan fingerprint density at radius 1 is 0.323 bits per heavy atom. The summed E-state index contributed by atoms with van der Waals surface area (Å²) >= 11 is 0. The van der Waals surface area contributed by atoms with Crippen LogP contribution in [-0.2, 0) is 56.6 Å². The molecule has 2 N–H and O–H groups in total. The van der Waals surface area contributed by atoms with Gasteiger partial charge in [0.2, 0.25) is 0 Å². The van der Waals surface area contributed by atoms with E-state index in [1.807, 2.05) is 0 Å². The molecule has 0 aliphatic carbocycles. The van der Waals surface area contributed by atoms with E-state index in [-0.39, 0.29) is 80.1 Å². The highest BCUT2D eigenvalue weighted by Gasteiger charge is 2.41. The van der Waals surface area contributed by atoms with Gasteiger partial charge in [-0.05, 0) is 221 Å². The first kappa shape index (κ1) is 121. The van der Waals surface area contributed by atoms with Crippen LogP contribution in [0.2, 0.25) is 201 Å². The van der Waals surface area contributed by atoms with Crippen LogP contribution in [0.1, 0.15) is 105 Å². The summed E-state index contributed by atoms with van der Waals surface area (Å²) in [4.78, 5) is 0. The van der Waals surface area contributed by atoms with Gasteiger partial charge in [0.25, 0.3) is 0 Å².